The fraction of sp³-hybridized carbons (Fsp3) is 0.261. The van der Waals surface area contributed by atoms with Gasteiger partial charge in [-0.1, -0.05) is 12.1 Å². The average molecular weight is 404 g/mol. The van der Waals surface area contributed by atoms with Crippen molar-refractivity contribution in [3.05, 3.63) is 76.8 Å². The summed E-state index contributed by atoms with van der Waals surface area (Å²) in [6.07, 6.45) is 2.53. The third-order valence-electron chi connectivity index (χ3n) is 5.13. The number of aromatic amines is 1. The van der Waals surface area contributed by atoms with Crippen LogP contribution in [0.25, 0.3) is 10.9 Å². The van der Waals surface area contributed by atoms with Crippen LogP contribution >= 0.6 is 0 Å². The molecule has 3 heterocycles. The molecule has 0 saturated carbocycles. The lowest BCUT2D eigenvalue weighted by Gasteiger charge is -2.11. The summed E-state index contributed by atoms with van der Waals surface area (Å²) in [4.78, 5) is 16.4. The molecule has 0 unspecified atom stereocenters. The van der Waals surface area contributed by atoms with Gasteiger partial charge in [0.15, 0.2) is 0 Å². The van der Waals surface area contributed by atoms with Crippen molar-refractivity contribution in [3.63, 3.8) is 0 Å². The molecule has 0 amide bonds. The van der Waals surface area contributed by atoms with Crippen molar-refractivity contribution in [2.24, 2.45) is 0 Å². The quantitative estimate of drug-likeness (QED) is 0.417. The van der Waals surface area contributed by atoms with Gasteiger partial charge in [0, 0.05) is 29.9 Å². The molecule has 3 N–H and O–H groups in total. The second-order valence-corrected chi connectivity index (χ2v) is 7.38. The van der Waals surface area contributed by atoms with Crippen molar-refractivity contribution in [2.75, 3.05) is 17.2 Å². The number of H-pyrrole nitrogens is 1. The Bertz CT molecular complexity index is 1170. The first kappa shape index (κ1) is 19.8. The Labute approximate surface area is 175 Å². The number of pyridine rings is 1. The fourth-order valence-corrected chi connectivity index (χ4v) is 3.70. The van der Waals surface area contributed by atoms with Gasteiger partial charge in [0.2, 0.25) is 0 Å². The number of fused-ring (bicyclic) bond motifs is 1. The molecule has 0 aliphatic carbocycles. The van der Waals surface area contributed by atoms with E-state index in [0.717, 1.165) is 46.0 Å². The van der Waals surface area contributed by atoms with Crippen molar-refractivity contribution in [2.45, 2.75) is 33.7 Å². The Morgan fingerprint density at radius 2 is 1.80 bits per heavy atom. The number of anilines is 2. The molecule has 0 radical (unpaired) electrons. The van der Waals surface area contributed by atoms with Gasteiger partial charge in [-0.25, -0.2) is 14.4 Å². The number of rotatable bonds is 7. The topological polar surface area (TPSA) is 78.5 Å². The van der Waals surface area contributed by atoms with Crippen LogP contribution in [0.15, 0.2) is 42.6 Å². The van der Waals surface area contributed by atoms with E-state index in [9.17, 15) is 4.39 Å². The fourth-order valence-electron chi connectivity index (χ4n) is 3.70. The number of nitrogens with zero attached hydrogens (tertiary/aromatic N) is 3. The zero-order chi connectivity index (χ0) is 21.1. The van der Waals surface area contributed by atoms with Gasteiger partial charge < -0.3 is 15.6 Å². The maximum absolute atomic E-state index is 14.2. The number of hydrogen-bond donors (Lipinski definition) is 3. The minimum atomic E-state index is -0.215. The Kier molecular flexibility index (Phi) is 5.61. The standard InChI is InChI=1S/C23H25FN6/c1-14-7-8-19(24)23-22(14)18(15(2)28-23)9-11-26-20-12-21(30-16(3)29-20)27-13-17-6-4-5-10-25-17/h4-8,10,12,28H,9,11,13H2,1-3H3,(H2,26,27,29,30). The van der Waals surface area contributed by atoms with Crippen LogP contribution in [0.2, 0.25) is 0 Å². The molecule has 4 rings (SSSR count). The predicted molar refractivity (Wildman–Crippen MR) is 118 cm³/mol. The average Bonchev–Trinajstić information content (AvgIpc) is 3.07. The highest BCUT2D eigenvalue weighted by Gasteiger charge is 2.14. The molecular weight excluding hydrogens is 379 g/mol. The van der Waals surface area contributed by atoms with E-state index in [1.54, 1.807) is 6.20 Å². The molecule has 0 fully saturated rings. The second kappa shape index (κ2) is 8.49. The summed E-state index contributed by atoms with van der Waals surface area (Å²) < 4.78 is 14.2. The SMILES string of the molecule is Cc1nc(NCCc2c(C)[nH]c3c(F)ccc(C)c23)cc(NCc2ccccn2)n1. The normalized spacial score (nSPS) is 11.1. The summed E-state index contributed by atoms with van der Waals surface area (Å²) >= 11 is 0. The molecule has 4 aromatic rings. The molecule has 6 nitrogen and oxygen atoms in total. The molecule has 154 valence electrons. The van der Waals surface area contributed by atoms with Crippen molar-refractivity contribution < 1.29 is 4.39 Å². The van der Waals surface area contributed by atoms with Crippen molar-refractivity contribution in [3.8, 4) is 0 Å². The Hall–Kier alpha value is -3.48. The Morgan fingerprint density at radius 3 is 2.57 bits per heavy atom. The first-order valence-electron chi connectivity index (χ1n) is 10.0. The number of halogens is 1. The lowest BCUT2D eigenvalue weighted by Crippen LogP contribution is -2.10. The highest BCUT2D eigenvalue weighted by atomic mass is 19.1. The van der Waals surface area contributed by atoms with E-state index in [-0.39, 0.29) is 5.82 Å². The first-order chi connectivity index (χ1) is 14.5. The van der Waals surface area contributed by atoms with Crippen LogP contribution in [0.3, 0.4) is 0 Å². The van der Waals surface area contributed by atoms with E-state index in [2.05, 4.69) is 30.6 Å². The molecule has 0 saturated heterocycles. The lowest BCUT2D eigenvalue weighted by molar-refractivity contribution is 0.637. The highest BCUT2D eigenvalue weighted by molar-refractivity contribution is 5.88. The predicted octanol–water partition coefficient (Wildman–Crippen LogP) is 4.68. The number of nitrogens with one attached hydrogen (secondary N) is 3. The van der Waals surface area contributed by atoms with Crippen LogP contribution in [-0.2, 0) is 13.0 Å². The van der Waals surface area contributed by atoms with Gasteiger partial charge in [0.1, 0.15) is 23.3 Å². The van der Waals surface area contributed by atoms with Gasteiger partial charge in [0.25, 0.3) is 0 Å². The summed E-state index contributed by atoms with van der Waals surface area (Å²) in [5.41, 5.74) is 4.73. The smallest absolute Gasteiger partial charge is 0.147 e. The molecule has 30 heavy (non-hydrogen) atoms. The van der Waals surface area contributed by atoms with E-state index in [4.69, 9.17) is 0 Å². The van der Waals surface area contributed by atoms with Crippen molar-refractivity contribution in [1.29, 1.82) is 0 Å². The van der Waals surface area contributed by atoms with E-state index in [1.807, 2.05) is 51.1 Å². The molecule has 0 aliphatic rings. The summed E-state index contributed by atoms with van der Waals surface area (Å²) in [5, 5.41) is 7.64. The van der Waals surface area contributed by atoms with E-state index >= 15 is 0 Å². The van der Waals surface area contributed by atoms with E-state index in [1.165, 1.54) is 6.07 Å². The third-order valence-corrected chi connectivity index (χ3v) is 5.13. The molecule has 0 spiro atoms. The monoisotopic (exact) mass is 404 g/mol. The van der Waals surface area contributed by atoms with Gasteiger partial charge in [-0.3, -0.25) is 4.98 Å². The maximum Gasteiger partial charge on any atom is 0.147 e. The number of aryl methyl sites for hydroxylation is 3. The molecule has 1 aromatic carbocycles. The second-order valence-electron chi connectivity index (χ2n) is 7.38. The van der Waals surface area contributed by atoms with Gasteiger partial charge in [-0.15, -0.1) is 0 Å². The van der Waals surface area contributed by atoms with Gasteiger partial charge in [-0.2, -0.15) is 0 Å². The molecule has 0 atom stereocenters. The third kappa shape index (κ3) is 4.25. The first-order valence-corrected chi connectivity index (χ1v) is 10.0. The molecule has 3 aromatic heterocycles. The summed E-state index contributed by atoms with van der Waals surface area (Å²) in [6.45, 7) is 7.14. The van der Waals surface area contributed by atoms with Gasteiger partial charge in [-0.05, 0) is 56.5 Å². The van der Waals surface area contributed by atoms with Crippen LogP contribution in [0.1, 0.15) is 28.3 Å². The van der Waals surface area contributed by atoms with Crippen molar-refractivity contribution in [1.82, 2.24) is 19.9 Å². The maximum atomic E-state index is 14.2. The zero-order valence-corrected chi connectivity index (χ0v) is 17.4. The minimum Gasteiger partial charge on any atom is -0.370 e. The van der Waals surface area contributed by atoms with Crippen LogP contribution < -0.4 is 10.6 Å². The van der Waals surface area contributed by atoms with Crippen LogP contribution in [0, 0.1) is 26.6 Å². The minimum absolute atomic E-state index is 0.215. The van der Waals surface area contributed by atoms with E-state index in [0.29, 0.717) is 24.4 Å². The summed E-state index contributed by atoms with van der Waals surface area (Å²) in [6, 6.07) is 11.1. The largest absolute Gasteiger partial charge is 0.370 e. The molecular formula is C23H25FN6. The Morgan fingerprint density at radius 1 is 1.00 bits per heavy atom. The van der Waals surface area contributed by atoms with Crippen LogP contribution in [0.4, 0.5) is 16.0 Å². The number of hydrogen-bond acceptors (Lipinski definition) is 5. The highest BCUT2D eigenvalue weighted by Crippen LogP contribution is 2.28. The molecule has 0 bridgehead atoms. The molecule has 0 aliphatic heterocycles. The van der Waals surface area contributed by atoms with Crippen molar-refractivity contribution >= 4 is 22.5 Å². The lowest BCUT2D eigenvalue weighted by atomic mass is 10.0. The number of aromatic nitrogens is 4. The summed E-state index contributed by atoms with van der Waals surface area (Å²) in [7, 11) is 0. The molecule has 7 heteroatoms. The zero-order valence-electron chi connectivity index (χ0n) is 17.4. The number of benzene rings is 1. The van der Waals surface area contributed by atoms with Gasteiger partial charge in [0.05, 0.1) is 17.8 Å². The van der Waals surface area contributed by atoms with E-state index < -0.39 is 0 Å². The van der Waals surface area contributed by atoms with Crippen LogP contribution in [0.5, 0.6) is 0 Å². The summed E-state index contributed by atoms with van der Waals surface area (Å²) in [5.74, 6) is 1.97. The van der Waals surface area contributed by atoms with Crippen LogP contribution in [-0.4, -0.2) is 26.5 Å². The van der Waals surface area contributed by atoms with Gasteiger partial charge >= 0.3 is 0 Å². The Balaban J connectivity index is 1.44.